The van der Waals surface area contributed by atoms with Gasteiger partial charge in [-0.05, 0) is 42.0 Å². The van der Waals surface area contributed by atoms with Crippen molar-refractivity contribution in [2.75, 3.05) is 5.32 Å². The quantitative estimate of drug-likeness (QED) is 0.477. The number of halogens is 1. The maximum Gasteiger partial charge on any atom is 0.220 e. The van der Waals surface area contributed by atoms with Crippen molar-refractivity contribution in [1.82, 2.24) is 25.1 Å². The molecule has 0 aliphatic carbocycles. The third-order valence-corrected chi connectivity index (χ3v) is 4.33. The number of hydrogen-bond donors (Lipinski definition) is 2. The molecule has 0 bridgehead atoms. The smallest absolute Gasteiger partial charge is 0.220 e. The molecule has 8 nitrogen and oxygen atoms in total. The molecule has 0 aliphatic heterocycles. The summed E-state index contributed by atoms with van der Waals surface area (Å²) in [6.45, 7) is 0.855. The van der Waals surface area contributed by atoms with E-state index in [1.54, 1.807) is 47.2 Å². The highest BCUT2D eigenvalue weighted by atomic mass is 19.1. The monoisotopic (exact) mass is 394 g/mol. The number of carbonyl (C=O) groups excluding carboxylic acids is 1. The number of fused-ring (bicyclic) bond motifs is 1. The fourth-order valence-electron chi connectivity index (χ4n) is 2.79. The molecule has 0 saturated heterocycles. The summed E-state index contributed by atoms with van der Waals surface area (Å²) in [4.78, 5) is 12.1. The molecule has 148 valence electrons. The molecule has 0 fully saturated rings. The molecule has 0 radical (unpaired) electrons. The predicted molar refractivity (Wildman–Crippen MR) is 103 cm³/mol. The van der Waals surface area contributed by atoms with Crippen molar-refractivity contribution in [2.24, 2.45) is 0 Å². The van der Waals surface area contributed by atoms with E-state index < -0.39 is 0 Å². The number of anilines is 1. The Morgan fingerprint density at radius 3 is 2.72 bits per heavy atom. The number of hydrogen-bond acceptors (Lipinski definition) is 6. The predicted octanol–water partition coefficient (Wildman–Crippen LogP) is 2.72. The molecule has 29 heavy (non-hydrogen) atoms. The highest BCUT2D eigenvalue weighted by Crippen LogP contribution is 2.11. The largest absolute Gasteiger partial charge is 0.467 e. The zero-order chi connectivity index (χ0) is 20.1. The minimum Gasteiger partial charge on any atom is -0.467 e. The van der Waals surface area contributed by atoms with Crippen LogP contribution in [0.1, 0.15) is 23.6 Å². The third-order valence-electron chi connectivity index (χ3n) is 4.33. The van der Waals surface area contributed by atoms with E-state index in [0.29, 0.717) is 42.6 Å². The molecule has 0 unspecified atom stereocenters. The molecule has 4 rings (SSSR count). The Hall–Kier alpha value is -3.75. The topological polar surface area (TPSA) is 97.4 Å². The van der Waals surface area contributed by atoms with Crippen molar-refractivity contribution < 1.29 is 13.6 Å². The lowest BCUT2D eigenvalue weighted by atomic mass is 10.2. The van der Waals surface area contributed by atoms with Gasteiger partial charge in [-0.15, -0.1) is 15.3 Å². The number of aryl methyl sites for hydroxylation is 1. The summed E-state index contributed by atoms with van der Waals surface area (Å²) in [5, 5.41) is 18.7. The lowest BCUT2D eigenvalue weighted by Gasteiger charge is -2.07. The fraction of sp³-hybridized carbons (Fsp3) is 0.200. The Bertz CT molecular complexity index is 1090. The summed E-state index contributed by atoms with van der Waals surface area (Å²) < 4.78 is 19.8. The Kier molecular flexibility index (Phi) is 5.46. The van der Waals surface area contributed by atoms with Crippen molar-refractivity contribution in [1.29, 1.82) is 0 Å². The number of nitrogens with zero attached hydrogens (tertiary/aromatic N) is 4. The first-order valence-electron chi connectivity index (χ1n) is 9.16. The number of furan rings is 1. The van der Waals surface area contributed by atoms with Crippen LogP contribution in [-0.4, -0.2) is 25.7 Å². The van der Waals surface area contributed by atoms with E-state index in [-0.39, 0.29) is 18.1 Å². The average Bonchev–Trinajstić information content (AvgIpc) is 3.40. The molecule has 1 amide bonds. The molecular weight excluding hydrogens is 375 g/mol. The number of amides is 1. The molecule has 9 heteroatoms. The van der Waals surface area contributed by atoms with Gasteiger partial charge in [0.1, 0.15) is 17.4 Å². The first-order valence-corrected chi connectivity index (χ1v) is 9.16. The molecule has 3 aromatic heterocycles. The van der Waals surface area contributed by atoms with Crippen LogP contribution in [-0.2, 0) is 24.3 Å². The molecule has 4 aromatic rings. The van der Waals surface area contributed by atoms with Crippen molar-refractivity contribution >= 4 is 17.4 Å². The van der Waals surface area contributed by atoms with Crippen molar-refractivity contribution in [2.45, 2.75) is 25.9 Å². The number of rotatable bonds is 8. The molecule has 2 N–H and O–H groups in total. The van der Waals surface area contributed by atoms with Gasteiger partial charge in [0.05, 0.1) is 12.8 Å². The van der Waals surface area contributed by atoms with E-state index in [4.69, 9.17) is 4.42 Å². The van der Waals surface area contributed by atoms with Crippen LogP contribution in [0.4, 0.5) is 10.2 Å². The van der Waals surface area contributed by atoms with Crippen LogP contribution in [0.2, 0.25) is 0 Å². The van der Waals surface area contributed by atoms with E-state index in [1.165, 1.54) is 12.1 Å². The number of benzene rings is 1. The van der Waals surface area contributed by atoms with Gasteiger partial charge < -0.3 is 15.1 Å². The molecule has 0 saturated carbocycles. The minimum atomic E-state index is -0.268. The second-order valence-electron chi connectivity index (χ2n) is 6.44. The van der Waals surface area contributed by atoms with Crippen LogP contribution in [0.3, 0.4) is 0 Å². The number of nitrogens with one attached hydrogen (secondary N) is 2. The van der Waals surface area contributed by atoms with Crippen LogP contribution in [0.5, 0.6) is 0 Å². The van der Waals surface area contributed by atoms with E-state index in [9.17, 15) is 9.18 Å². The highest BCUT2D eigenvalue weighted by molar-refractivity contribution is 5.76. The molecule has 0 spiro atoms. The maximum absolute atomic E-state index is 13.0. The van der Waals surface area contributed by atoms with Gasteiger partial charge >= 0.3 is 0 Å². The molecular formula is C20H19FN6O2. The Balaban J connectivity index is 1.36. The highest BCUT2D eigenvalue weighted by Gasteiger charge is 2.11. The van der Waals surface area contributed by atoms with Gasteiger partial charge in [-0.3, -0.25) is 4.79 Å². The standard InChI is InChI=1S/C20H19FN6O2/c21-15-5-3-14(4-6-15)12-22-17-7-8-18-24-25-19(27(18)26-17)9-10-20(28)23-13-16-2-1-11-29-16/h1-8,11H,9-10,12-13H2,(H,22,26)(H,23,28). The zero-order valence-electron chi connectivity index (χ0n) is 15.5. The lowest BCUT2D eigenvalue weighted by molar-refractivity contribution is -0.121. The summed E-state index contributed by atoms with van der Waals surface area (Å²) in [6, 6.07) is 13.4. The van der Waals surface area contributed by atoms with Gasteiger partial charge in [0, 0.05) is 19.4 Å². The summed E-state index contributed by atoms with van der Waals surface area (Å²) in [7, 11) is 0. The Morgan fingerprint density at radius 1 is 1.07 bits per heavy atom. The normalized spacial score (nSPS) is 10.9. The molecule has 0 aliphatic rings. The molecule has 3 heterocycles. The Labute approximate surface area is 165 Å². The maximum atomic E-state index is 13.0. The SMILES string of the molecule is O=C(CCc1nnc2ccc(NCc3ccc(F)cc3)nn12)NCc1ccco1. The van der Waals surface area contributed by atoms with Crippen LogP contribution >= 0.6 is 0 Å². The van der Waals surface area contributed by atoms with Crippen molar-refractivity contribution in [3.05, 3.63) is 77.8 Å². The summed E-state index contributed by atoms with van der Waals surface area (Å²) >= 11 is 0. The van der Waals surface area contributed by atoms with Crippen LogP contribution < -0.4 is 10.6 Å². The first kappa shape index (κ1) is 18.6. The van der Waals surface area contributed by atoms with Crippen LogP contribution in [0.25, 0.3) is 5.65 Å². The average molecular weight is 394 g/mol. The summed E-state index contributed by atoms with van der Waals surface area (Å²) in [6.07, 6.45) is 2.23. The van der Waals surface area contributed by atoms with Gasteiger partial charge in [-0.25, -0.2) is 4.39 Å². The molecule has 1 aromatic carbocycles. The third kappa shape index (κ3) is 4.75. The summed E-state index contributed by atoms with van der Waals surface area (Å²) in [5.74, 6) is 1.55. The van der Waals surface area contributed by atoms with E-state index in [1.807, 2.05) is 0 Å². The number of carbonyl (C=O) groups is 1. The van der Waals surface area contributed by atoms with Gasteiger partial charge in [-0.1, -0.05) is 12.1 Å². The first-order chi connectivity index (χ1) is 14.2. The minimum absolute atomic E-state index is 0.108. The second-order valence-corrected chi connectivity index (χ2v) is 6.44. The van der Waals surface area contributed by atoms with Gasteiger partial charge in [0.25, 0.3) is 0 Å². The molecule has 0 atom stereocenters. The van der Waals surface area contributed by atoms with Crippen molar-refractivity contribution in [3.63, 3.8) is 0 Å². The van der Waals surface area contributed by atoms with Gasteiger partial charge in [-0.2, -0.15) is 4.52 Å². The zero-order valence-corrected chi connectivity index (χ0v) is 15.5. The van der Waals surface area contributed by atoms with E-state index in [0.717, 1.165) is 5.56 Å². The second kappa shape index (κ2) is 8.51. The Morgan fingerprint density at radius 2 is 1.93 bits per heavy atom. The van der Waals surface area contributed by atoms with Gasteiger partial charge in [0.2, 0.25) is 5.91 Å². The van der Waals surface area contributed by atoms with Crippen molar-refractivity contribution in [3.8, 4) is 0 Å². The van der Waals surface area contributed by atoms with Gasteiger partial charge in [0.15, 0.2) is 11.5 Å². The van der Waals surface area contributed by atoms with Crippen LogP contribution in [0, 0.1) is 5.82 Å². The number of aromatic nitrogens is 4. The van der Waals surface area contributed by atoms with Crippen LogP contribution in [0.15, 0.2) is 59.2 Å². The fourth-order valence-corrected chi connectivity index (χ4v) is 2.79. The summed E-state index contributed by atoms with van der Waals surface area (Å²) in [5.41, 5.74) is 1.54. The van der Waals surface area contributed by atoms with E-state index in [2.05, 4.69) is 25.9 Å². The lowest BCUT2D eigenvalue weighted by Crippen LogP contribution is -2.23. The van der Waals surface area contributed by atoms with E-state index >= 15 is 0 Å².